The molecule has 0 heterocycles. The zero-order valence-electron chi connectivity index (χ0n) is 37.1. The summed E-state index contributed by atoms with van der Waals surface area (Å²) in [4.78, 5) is 12.4. The predicted octanol–water partition coefficient (Wildman–Crippen LogP) is 15.2. The summed E-state index contributed by atoms with van der Waals surface area (Å²) in [6.07, 6.45) is 72.0. The largest absolute Gasteiger partial charge is 0.394 e. The molecule has 0 aliphatic heterocycles. The zero-order valence-corrected chi connectivity index (χ0v) is 37.1. The van der Waals surface area contributed by atoms with E-state index in [1.165, 1.54) is 89.9 Å². The summed E-state index contributed by atoms with van der Waals surface area (Å²) in [5.74, 6) is -0.0976. The number of rotatable bonds is 41. The van der Waals surface area contributed by atoms with Gasteiger partial charge in [-0.1, -0.05) is 207 Å². The van der Waals surface area contributed by atoms with Gasteiger partial charge in [-0.25, -0.2) is 0 Å². The first-order valence-corrected chi connectivity index (χ1v) is 23.6. The maximum atomic E-state index is 12.4. The maximum Gasteiger partial charge on any atom is 0.220 e. The summed E-state index contributed by atoms with van der Waals surface area (Å²) in [5.41, 5.74) is 0. The lowest BCUT2D eigenvalue weighted by atomic mass is 10.1. The van der Waals surface area contributed by atoms with Crippen LogP contribution in [0.1, 0.15) is 200 Å². The Hall–Kier alpha value is -2.95. The molecule has 57 heavy (non-hydrogen) atoms. The van der Waals surface area contributed by atoms with E-state index in [1.54, 1.807) is 6.08 Å². The molecule has 0 saturated heterocycles. The summed E-state index contributed by atoms with van der Waals surface area (Å²) >= 11 is 0. The van der Waals surface area contributed by atoms with E-state index in [4.69, 9.17) is 0 Å². The molecule has 0 aromatic heterocycles. The first kappa shape index (κ1) is 54.1. The standard InChI is InChI=1S/C53H89NO3/c1-3-5-7-9-11-13-15-17-19-21-23-25-26-27-28-29-31-33-35-37-39-41-43-45-47-49-53(57)54-51(50-55)52(56)48-46-44-42-40-38-36-34-32-30-24-22-20-18-16-14-12-10-8-6-4-2/h5,7,11,13,17,19,23,25,27-28,30-33,38,40,46,48,51-52,55-56H,3-4,6,8-10,12,14-16,18,20-22,24,26,29,34-37,39,41-45,47,49-50H2,1-2H3,(H,54,57)/b7-5-,13-11-,19-17-,25-23-,28-27-,32-30+,33-31-,40-38+,48-46+. The SMILES string of the molecule is CC/C=C\C/C=C\C/C=C\C/C=C\C/C=C\C/C=C\CCCCCCCCC(=O)NC(CO)C(O)/C=C/CC/C=C/CC/C=C/CCCCCCCCCCCC. The molecule has 324 valence electrons. The fourth-order valence-corrected chi connectivity index (χ4v) is 6.39. The Morgan fingerprint density at radius 3 is 1.23 bits per heavy atom. The fraction of sp³-hybridized carbons (Fsp3) is 0.642. The molecule has 2 unspecified atom stereocenters. The molecule has 0 radical (unpaired) electrons. The molecular weight excluding hydrogens is 699 g/mol. The number of nitrogens with one attached hydrogen (secondary N) is 1. The smallest absolute Gasteiger partial charge is 0.220 e. The van der Waals surface area contributed by atoms with Gasteiger partial charge in [0.2, 0.25) is 5.91 Å². The van der Waals surface area contributed by atoms with Crippen molar-refractivity contribution in [2.45, 2.75) is 212 Å². The molecule has 0 bridgehead atoms. The molecule has 2 atom stereocenters. The molecule has 0 aliphatic carbocycles. The van der Waals surface area contributed by atoms with Gasteiger partial charge in [0.25, 0.3) is 0 Å². The zero-order chi connectivity index (χ0) is 41.4. The van der Waals surface area contributed by atoms with Gasteiger partial charge in [-0.05, 0) is 96.3 Å². The van der Waals surface area contributed by atoms with Crippen LogP contribution < -0.4 is 5.32 Å². The van der Waals surface area contributed by atoms with Gasteiger partial charge in [-0.2, -0.15) is 0 Å². The maximum absolute atomic E-state index is 12.4. The lowest BCUT2D eigenvalue weighted by molar-refractivity contribution is -0.123. The summed E-state index contributed by atoms with van der Waals surface area (Å²) < 4.78 is 0. The minimum atomic E-state index is -0.884. The van der Waals surface area contributed by atoms with Crippen molar-refractivity contribution in [2.24, 2.45) is 0 Å². The number of aliphatic hydroxyl groups excluding tert-OH is 2. The molecule has 4 nitrogen and oxygen atoms in total. The third kappa shape index (κ3) is 44.0. The van der Waals surface area contributed by atoms with Crippen molar-refractivity contribution in [2.75, 3.05) is 6.61 Å². The molecule has 0 aliphatic rings. The second kappa shape index (κ2) is 47.4. The van der Waals surface area contributed by atoms with Crippen molar-refractivity contribution in [3.63, 3.8) is 0 Å². The number of unbranched alkanes of at least 4 members (excludes halogenated alkanes) is 18. The van der Waals surface area contributed by atoms with Crippen LogP contribution in [-0.4, -0.2) is 34.9 Å². The number of aliphatic hydroxyl groups is 2. The fourth-order valence-electron chi connectivity index (χ4n) is 6.39. The van der Waals surface area contributed by atoms with Crippen LogP contribution in [0.3, 0.4) is 0 Å². The quantitative estimate of drug-likeness (QED) is 0.0427. The van der Waals surface area contributed by atoms with E-state index in [2.05, 4.69) is 116 Å². The van der Waals surface area contributed by atoms with Crippen LogP contribution in [0.5, 0.6) is 0 Å². The van der Waals surface area contributed by atoms with Crippen molar-refractivity contribution in [1.29, 1.82) is 0 Å². The number of carbonyl (C=O) groups excluding carboxylic acids is 1. The molecule has 0 fully saturated rings. The predicted molar refractivity (Wildman–Crippen MR) is 253 cm³/mol. The first-order valence-electron chi connectivity index (χ1n) is 23.6. The van der Waals surface area contributed by atoms with E-state index in [0.717, 1.165) is 89.9 Å². The van der Waals surface area contributed by atoms with Gasteiger partial charge in [0, 0.05) is 6.42 Å². The van der Waals surface area contributed by atoms with Crippen LogP contribution in [0.4, 0.5) is 0 Å². The minimum absolute atomic E-state index is 0.0976. The van der Waals surface area contributed by atoms with Gasteiger partial charge in [-0.15, -0.1) is 0 Å². The van der Waals surface area contributed by atoms with E-state index in [-0.39, 0.29) is 12.5 Å². The van der Waals surface area contributed by atoms with Gasteiger partial charge in [0.1, 0.15) is 0 Å². The third-order valence-corrected chi connectivity index (χ3v) is 9.97. The van der Waals surface area contributed by atoms with Crippen LogP contribution in [0, 0.1) is 0 Å². The Labute approximate surface area is 353 Å². The van der Waals surface area contributed by atoms with Crippen molar-refractivity contribution >= 4 is 5.91 Å². The van der Waals surface area contributed by atoms with Crippen LogP contribution in [-0.2, 0) is 4.79 Å². The Morgan fingerprint density at radius 2 is 0.789 bits per heavy atom. The number of amides is 1. The van der Waals surface area contributed by atoms with Crippen molar-refractivity contribution in [1.82, 2.24) is 5.32 Å². The average molecular weight is 788 g/mol. The second-order valence-electron chi connectivity index (χ2n) is 15.4. The Morgan fingerprint density at radius 1 is 0.439 bits per heavy atom. The summed E-state index contributed by atoms with van der Waals surface area (Å²) in [6.45, 7) is 4.16. The summed E-state index contributed by atoms with van der Waals surface area (Å²) in [5, 5.41) is 23.0. The van der Waals surface area contributed by atoms with Gasteiger partial charge in [0.05, 0.1) is 18.8 Å². The second-order valence-corrected chi connectivity index (χ2v) is 15.4. The van der Waals surface area contributed by atoms with E-state index in [9.17, 15) is 15.0 Å². The highest BCUT2D eigenvalue weighted by Crippen LogP contribution is 2.12. The lowest BCUT2D eigenvalue weighted by Crippen LogP contribution is -2.45. The topological polar surface area (TPSA) is 69.6 Å². The molecular formula is C53H89NO3. The third-order valence-electron chi connectivity index (χ3n) is 9.97. The molecule has 0 spiro atoms. The highest BCUT2D eigenvalue weighted by atomic mass is 16.3. The molecule has 0 saturated carbocycles. The van der Waals surface area contributed by atoms with Crippen molar-refractivity contribution in [3.05, 3.63) is 109 Å². The number of hydrogen-bond donors (Lipinski definition) is 3. The monoisotopic (exact) mass is 788 g/mol. The summed E-state index contributed by atoms with van der Waals surface area (Å²) in [7, 11) is 0. The molecule has 0 aromatic rings. The highest BCUT2D eigenvalue weighted by Gasteiger charge is 2.17. The van der Waals surface area contributed by atoms with E-state index in [1.807, 2.05) is 6.08 Å². The summed E-state index contributed by atoms with van der Waals surface area (Å²) in [6, 6.07) is -0.662. The molecule has 3 N–H and O–H groups in total. The van der Waals surface area contributed by atoms with Gasteiger partial charge >= 0.3 is 0 Å². The van der Waals surface area contributed by atoms with E-state index in [0.29, 0.717) is 6.42 Å². The van der Waals surface area contributed by atoms with Crippen LogP contribution >= 0.6 is 0 Å². The Bertz CT molecular complexity index is 1120. The minimum Gasteiger partial charge on any atom is -0.394 e. The van der Waals surface area contributed by atoms with Gasteiger partial charge in [-0.3, -0.25) is 4.79 Å². The molecule has 4 heteroatoms. The van der Waals surface area contributed by atoms with Crippen LogP contribution in [0.15, 0.2) is 109 Å². The first-order chi connectivity index (χ1) is 28.2. The molecule has 0 rings (SSSR count). The highest BCUT2D eigenvalue weighted by molar-refractivity contribution is 5.76. The molecule has 1 amide bonds. The molecule has 0 aromatic carbocycles. The van der Waals surface area contributed by atoms with Crippen LogP contribution in [0.2, 0.25) is 0 Å². The Kier molecular flexibility index (Phi) is 45.0. The van der Waals surface area contributed by atoms with Gasteiger partial charge < -0.3 is 15.5 Å². The van der Waals surface area contributed by atoms with Crippen molar-refractivity contribution in [3.8, 4) is 0 Å². The lowest BCUT2D eigenvalue weighted by Gasteiger charge is -2.19. The van der Waals surface area contributed by atoms with E-state index < -0.39 is 12.1 Å². The normalized spacial score (nSPS) is 14.0. The van der Waals surface area contributed by atoms with Crippen molar-refractivity contribution < 1.29 is 15.0 Å². The van der Waals surface area contributed by atoms with Crippen LogP contribution in [0.25, 0.3) is 0 Å². The van der Waals surface area contributed by atoms with Gasteiger partial charge in [0.15, 0.2) is 0 Å². The number of hydrogen-bond acceptors (Lipinski definition) is 3. The number of allylic oxidation sites excluding steroid dienone is 17. The average Bonchev–Trinajstić information content (AvgIpc) is 3.22. The van der Waals surface area contributed by atoms with E-state index >= 15 is 0 Å². The Balaban J connectivity index is 3.72. The number of carbonyl (C=O) groups is 1.